The molecule has 0 bridgehead atoms. The lowest BCUT2D eigenvalue weighted by Crippen LogP contribution is -2.41. The average molecular weight is 264 g/mol. The van der Waals surface area contributed by atoms with Gasteiger partial charge in [-0.1, -0.05) is 6.92 Å². The van der Waals surface area contributed by atoms with Gasteiger partial charge in [-0.25, -0.2) is 0 Å². The lowest BCUT2D eigenvalue weighted by Gasteiger charge is -2.15. The minimum Gasteiger partial charge on any atom is -0.354 e. The third kappa shape index (κ3) is 4.91. The highest BCUT2D eigenvalue weighted by Crippen LogP contribution is 2.15. The molecule has 2 N–H and O–H groups in total. The second-order valence-electron chi connectivity index (χ2n) is 4.38. The van der Waals surface area contributed by atoms with Gasteiger partial charge in [0.25, 0.3) is 0 Å². The number of nitrogens with zero attached hydrogens (tertiary/aromatic N) is 1. The van der Waals surface area contributed by atoms with Crippen molar-refractivity contribution in [1.29, 1.82) is 0 Å². The van der Waals surface area contributed by atoms with Gasteiger partial charge in [0.05, 0.1) is 5.92 Å². The lowest BCUT2D eigenvalue weighted by molar-refractivity contribution is -0.128. The minimum absolute atomic E-state index is 0. The van der Waals surface area contributed by atoms with E-state index < -0.39 is 0 Å². The van der Waals surface area contributed by atoms with Crippen LogP contribution in [0, 0.1) is 5.92 Å². The van der Waals surface area contributed by atoms with Crippen LogP contribution in [0.25, 0.3) is 0 Å². The molecule has 5 nitrogen and oxygen atoms in total. The van der Waals surface area contributed by atoms with Gasteiger partial charge in [0.2, 0.25) is 11.8 Å². The number of likely N-dealkylation sites (tertiary alicyclic amines) is 1. The van der Waals surface area contributed by atoms with E-state index in [1.54, 1.807) is 11.9 Å². The summed E-state index contributed by atoms with van der Waals surface area (Å²) in [5, 5.41) is 6.09. The maximum absolute atomic E-state index is 11.7. The van der Waals surface area contributed by atoms with E-state index in [4.69, 9.17) is 0 Å². The second-order valence-corrected chi connectivity index (χ2v) is 4.38. The average Bonchev–Trinajstić information content (AvgIpc) is 2.56. The van der Waals surface area contributed by atoms with Crippen molar-refractivity contribution in [2.45, 2.75) is 26.3 Å². The summed E-state index contributed by atoms with van der Waals surface area (Å²) in [5.74, 6) is -0.131. The van der Waals surface area contributed by atoms with Crippen molar-refractivity contribution in [2.75, 3.05) is 26.7 Å². The third-order valence-corrected chi connectivity index (χ3v) is 2.85. The Kier molecular flexibility index (Phi) is 7.15. The molecular weight excluding hydrogens is 242 g/mol. The number of rotatable bonds is 5. The predicted octanol–water partition coefficient (Wildman–Crippen LogP) is 0.000700. The zero-order chi connectivity index (χ0) is 12.1. The normalized spacial score (nSPS) is 21.0. The summed E-state index contributed by atoms with van der Waals surface area (Å²) in [7, 11) is 1.73. The largest absolute Gasteiger partial charge is 0.354 e. The Morgan fingerprint density at radius 2 is 2.24 bits per heavy atom. The number of hydrogen-bond donors (Lipinski definition) is 2. The van der Waals surface area contributed by atoms with Gasteiger partial charge in [0.1, 0.15) is 0 Å². The molecule has 0 aromatic rings. The molecule has 6 heteroatoms. The molecule has 0 radical (unpaired) electrons. The van der Waals surface area contributed by atoms with Crippen LogP contribution in [0.5, 0.6) is 0 Å². The first-order chi connectivity index (χ1) is 7.54. The zero-order valence-corrected chi connectivity index (χ0v) is 11.5. The number of carbonyl (C=O) groups is 2. The highest BCUT2D eigenvalue weighted by Gasteiger charge is 2.31. The summed E-state index contributed by atoms with van der Waals surface area (Å²) >= 11 is 0. The standard InChI is InChI=1S/C11H21N3O2.ClH/c1-4-12-8(2)6-13-11(16)9-5-10(15)14(3)7-9;/h8-9,12H,4-7H2,1-3H3,(H,13,16);1H/t8-,9?;/m1./s1. The molecule has 1 saturated heterocycles. The van der Waals surface area contributed by atoms with Crippen molar-refractivity contribution in [1.82, 2.24) is 15.5 Å². The fourth-order valence-electron chi connectivity index (χ4n) is 1.86. The Balaban J connectivity index is 0.00000256. The number of amides is 2. The quantitative estimate of drug-likeness (QED) is 0.734. The van der Waals surface area contributed by atoms with Gasteiger partial charge in [-0.15, -0.1) is 12.4 Å². The Morgan fingerprint density at radius 3 is 2.71 bits per heavy atom. The van der Waals surface area contributed by atoms with Crippen LogP contribution in [-0.2, 0) is 9.59 Å². The fourth-order valence-corrected chi connectivity index (χ4v) is 1.86. The summed E-state index contributed by atoms with van der Waals surface area (Å²) in [6.07, 6.45) is 0.345. The number of halogens is 1. The van der Waals surface area contributed by atoms with Crippen molar-refractivity contribution in [3.8, 4) is 0 Å². The molecular formula is C11H22ClN3O2. The summed E-state index contributed by atoms with van der Waals surface area (Å²) in [5.41, 5.74) is 0. The molecule has 0 aliphatic carbocycles. The summed E-state index contributed by atoms with van der Waals surface area (Å²) < 4.78 is 0. The van der Waals surface area contributed by atoms with Gasteiger partial charge in [0, 0.05) is 32.6 Å². The molecule has 17 heavy (non-hydrogen) atoms. The maximum Gasteiger partial charge on any atom is 0.225 e. The first kappa shape index (κ1) is 16.2. The number of nitrogens with one attached hydrogen (secondary N) is 2. The molecule has 0 spiro atoms. The Hall–Kier alpha value is -0.810. The summed E-state index contributed by atoms with van der Waals surface area (Å²) in [6.45, 7) is 6.10. The molecule has 1 heterocycles. The van der Waals surface area contributed by atoms with Crippen LogP contribution in [-0.4, -0.2) is 49.4 Å². The van der Waals surface area contributed by atoms with Crippen LogP contribution in [0.2, 0.25) is 0 Å². The monoisotopic (exact) mass is 263 g/mol. The molecule has 2 amide bonds. The van der Waals surface area contributed by atoms with Gasteiger partial charge in [-0.3, -0.25) is 9.59 Å². The van der Waals surface area contributed by atoms with Gasteiger partial charge < -0.3 is 15.5 Å². The smallest absolute Gasteiger partial charge is 0.225 e. The molecule has 0 saturated carbocycles. The molecule has 1 aliphatic rings. The molecule has 0 aromatic carbocycles. The molecule has 1 fully saturated rings. The van der Waals surface area contributed by atoms with E-state index >= 15 is 0 Å². The summed E-state index contributed by atoms with van der Waals surface area (Å²) in [6, 6.07) is 0.267. The van der Waals surface area contributed by atoms with Crippen molar-refractivity contribution in [3.05, 3.63) is 0 Å². The SMILES string of the molecule is CCN[C@H](C)CNC(=O)C1CC(=O)N(C)C1.Cl. The van der Waals surface area contributed by atoms with Gasteiger partial charge >= 0.3 is 0 Å². The molecule has 1 aliphatic heterocycles. The highest BCUT2D eigenvalue weighted by molar-refractivity contribution is 5.89. The molecule has 1 rings (SSSR count). The topological polar surface area (TPSA) is 61.4 Å². The summed E-state index contributed by atoms with van der Waals surface area (Å²) in [4.78, 5) is 24.6. The van der Waals surface area contributed by atoms with Crippen LogP contribution in [0.3, 0.4) is 0 Å². The number of carbonyl (C=O) groups excluding carboxylic acids is 2. The molecule has 1 unspecified atom stereocenters. The van der Waals surface area contributed by atoms with Crippen LogP contribution < -0.4 is 10.6 Å². The van der Waals surface area contributed by atoms with Gasteiger partial charge in [-0.05, 0) is 13.5 Å². The first-order valence-electron chi connectivity index (χ1n) is 5.79. The van der Waals surface area contributed by atoms with Crippen molar-refractivity contribution >= 4 is 24.2 Å². The molecule has 0 aromatic heterocycles. The highest BCUT2D eigenvalue weighted by atomic mass is 35.5. The first-order valence-corrected chi connectivity index (χ1v) is 5.79. The van der Waals surface area contributed by atoms with Crippen LogP contribution >= 0.6 is 12.4 Å². The Morgan fingerprint density at radius 1 is 1.59 bits per heavy atom. The van der Waals surface area contributed by atoms with Crippen molar-refractivity contribution in [2.24, 2.45) is 5.92 Å². The van der Waals surface area contributed by atoms with E-state index in [1.165, 1.54) is 0 Å². The van der Waals surface area contributed by atoms with Gasteiger partial charge in [0.15, 0.2) is 0 Å². The van der Waals surface area contributed by atoms with Crippen molar-refractivity contribution in [3.63, 3.8) is 0 Å². The Bertz CT molecular complexity index is 273. The number of hydrogen-bond acceptors (Lipinski definition) is 3. The second kappa shape index (κ2) is 7.50. The molecule has 100 valence electrons. The minimum atomic E-state index is -0.175. The van der Waals surface area contributed by atoms with E-state index in [2.05, 4.69) is 10.6 Å². The van der Waals surface area contributed by atoms with Crippen LogP contribution in [0.15, 0.2) is 0 Å². The van der Waals surface area contributed by atoms with E-state index in [-0.39, 0.29) is 36.2 Å². The van der Waals surface area contributed by atoms with E-state index in [1.807, 2.05) is 13.8 Å². The fraction of sp³-hybridized carbons (Fsp3) is 0.818. The molecule has 2 atom stereocenters. The van der Waals surface area contributed by atoms with E-state index in [0.29, 0.717) is 19.5 Å². The maximum atomic E-state index is 11.7. The lowest BCUT2D eigenvalue weighted by atomic mass is 10.1. The Labute approximate surface area is 109 Å². The van der Waals surface area contributed by atoms with Crippen molar-refractivity contribution < 1.29 is 9.59 Å². The van der Waals surface area contributed by atoms with Gasteiger partial charge in [-0.2, -0.15) is 0 Å². The van der Waals surface area contributed by atoms with E-state index in [0.717, 1.165) is 6.54 Å². The zero-order valence-electron chi connectivity index (χ0n) is 10.7. The van der Waals surface area contributed by atoms with E-state index in [9.17, 15) is 9.59 Å². The third-order valence-electron chi connectivity index (χ3n) is 2.85. The van der Waals surface area contributed by atoms with Crippen LogP contribution in [0.4, 0.5) is 0 Å². The number of likely N-dealkylation sites (N-methyl/N-ethyl adjacent to an activating group) is 1. The predicted molar refractivity (Wildman–Crippen MR) is 69.1 cm³/mol. The van der Waals surface area contributed by atoms with Crippen LogP contribution in [0.1, 0.15) is 20.3 Å².